The number of piperidine rings is 1. The zero-order valence-corrected chi connectivity index (χ0v) is 20.5. The Balaban J connectivity index is 1.37. The number of aromatic hydroxyl groups is 1. The number of likely N-dealkylation sites (tertiary alicyclic amines) is 1. The SMILES string of the molecule is COc1cc(CN2CCC3(CC2)c2ccccc2[C@@H](NC(=O)c2ccco2)[C@@H]3OC)cc(Cl)c1O. The van der Waals surface area contributed by atoms with Gasteiger partial charge in [0.2, 0.25) is 0 Å². The number of hydrogen-bond donors (Lipinski definition) is 2. The Labute approximate surface area is 209 Å². The van der Waals surface area contributed by atoms with Crippen LogP contribution in [0.2, 0.25) is 5.02 Å². The molecule has 1 aliphatic heterocycles. The van der Waals surface area contributed by atoms with E-state index < -0.39 is 0 Å². The number of nitrogens with zero attached hydrogens (tertiary/aromatic N) is 1. The molecule has 2 heterocycles. The number of nitrogens with one attached hydrogen (secondary N) is 1. The van der Waals surface area contributed by atoms with Gasteiger partial charge in [0, 0.05) is 19.1 Å². The normalized spacial score (nSPS) is 21.1. The van der Waals surface area contributed by atoms with Gasteiger partial charge < -0.3 is 24.3 Å². The number of halogens is 1. The van der Waals surface area contributed by atoms with E-state index in [1.807, 2.05) is 12.1 Å². The van der Waals surface area contributed by atoms with Crippen LogP contribution >= 0.6 is 11.6 Å². The maximum absolute atomic E-state index is 12.9. The lowest BCUT2D eigenvalue weighted by Crippen LogP contribution is -2.50. The Morgan fingerprint density at radius 1 is 1.20 bits per heavy atom. The summed E-state index contributed by atoms with van der Waals surface area (Å²) in [5.41, 5.74) is 3.13. The molecule has 0 bridgehead atoms. The van der Waals surface area contributed by atoms with Crippen molar-refractivity contribution in [3.05, 3.63) is 82.3 Å². The summed E-state index contributed by atoms with van der Waals surface area (Å²) in [6, 6.07) is 15.0. The van der Waals surface area contributed by atoms with E-state index in [1.54, 1.807) is 25.3 Å². The van der Waals surface area contributed by atoms with Crippen LogP contribution < -0.4 is 10.1 Å². The first-order chi connectivity index (χ1) is 17.0. The van der Waals surface area contributed by atoms with Crippen molar-refractivity contribution in [2.45, 2.75) is 36.9 Å². The van der Waals surface area contributed by atoms with E-state index in [0.717, 1.165) is 37.1 Å². The minimum Gasteiger partial charge on any atom is -0.503 e. The van der Waals surface area contributed by atoms with E-state index in [9.17, 15) is 9.90 Å². The Kier molecular flexibility index (Phi) is 6.49. The van der Waals surface area contributed by atoms with Crippen LogP contribution in [-0.4, -0.2) is 49.3 Å². The van der Waals surface area contributed by atoms with Crippen LogP contribution in [0.25, 0.3) is 0 Å². The molecule has 1 fully saturated rings. The lowest BCUT2D eigenvalue weighted by molar-refractivity contribution is -0.0124. The third-order valence-electron chi connectivity index (χ3n) is 7.43. The molecule has 2 N–H and O–H groups in total. The average Bonchev–Trinajstić information content (AvgIpc) is 3.49. The van der Waals surface area contributed by atoms with Gasteiger partial charge in [-0.1, -0.05) is 35.9 Å². The van der Waals surface area contributed by atoms with E-state index in [2.05, 4.69) is 28.4 Å². The summed E-state index contributed by atoms with van der Waals surface area (Å²) in [7, 11) is 3.24. The van der Waals surface area contributed by atoms with Crippen molar-refractivity contribution in [2.24, 2.45) is 0 Å². The molecule has 0 saturated carbocycles. The molecule has 1 aromatic heterocycles. The number of hydrogen-bond acceptors (Lipinski definition) is 6. The highest BCUT2D eigenvalue weighted by Crippen LogP contribution is 2.52. The van der Waals surface area contributed by atoms with E-state index in [4.69, 9.17) is 25.5 Å². The molecule has 1 aliphatic carbocycles. The Bertz CT molecular complexity index is 1200. The van der Waals surface area contributed by atoms with Crippen LogP contribution in [0.4, 0.5) is 0 Å². The number of rotatable bonds is 6. The molecule has 184 valence electrons. The third kappa shape index (κ3) is 4.18. The molecule has 35 heavy (non-hydrogen) atoms. The second-order valence-corrected chi connectivity index (χ2v) is 9.64. The van der Waals surface area contributed by atoms with E-state index in [1.165, 1.54) is 18.9 Å². The molecule has 2 aromatic carbocycles. The van der Waals surface area contributed by atoms with Crippen LogP contribution in [-0.2, 0) is 16.7 Å². The number of carbonyl (C=O) groups is 1. The minimum absolute atomic E-state index is 0.0383. The molecule has 5 rings (SSSR count). The first-order valence-electron chi connectivity index (χ1n) is 11.7. The van der Waals surface area contributed by atoms with Gasteiger partial charge in [-0.2, -0.15) is 0 Å². The van der Waals surface area contributed by atoms with Crippen molar-refractivity contribution in [3.63, 3.8) is 0 Å². The molecule has 2 atom stereocenters. The molecule has 0 unspecified atom stereocenters. The lowest BCUT2D eigenvalue weighted by atomic mass is 9.72. The van der Waals surface area contributed by atoms with Gasteiger partial charge in [0.15, 0.2) is 17.3 Å². The van der Waals surface area contributed by atoms with Gasteiger partial charge in [-0.25, -0.2) is 0 Å². The number of methoxy groups -OCH3 is 2. The van der Waals surface area contributed by atoms with Crippen molar-refractivity contribution < 1.29 is 23.8 Å². The van der Waals surface area contributed by atoms with Gasteiger partial charge in [0.05, 0.1) is 30.5 Å². The van der Waals surface area contributed by atoms with Crippen molar-refractivity contribution in [3.8, 4) is 11.5 Å². The predicted octanol–water partition coefficient (Wildman–Crippen LogP) is 4.68. The summed E-state index contributed by atoms with van der Waals surface area (Å²) in [5.74, 6) is 0.379. The molecule has 2 aliphatic rings. The second-order valence-electron chi connectivity index (χ2n) is 9.23. The maximum atomic E-state index is 12.9. The first-order valence-corrected chi connectivity index (χ1v) is 12.1. The molecule has 1 spiro atoms. The number of phenols is 1. The average molecular weight is 497 g/mol. The van der Waals surface area contributed by atoms with E-state index >= 15 is 0 Å². The topological polar surface area (TPSA) is 84.2 Å². The van der Waals surface area contributed by atoms with Crippen LogP contribution in [0.5, 0.6) is 11.5 Å². The molecule has 0 radical (unpaired) electrons. The van der Waals surface area contributed by atoms with Gasteiger partial charge in [-0.05, 0) is 66.9 Å². The molecule has 1 saturated heterocycles. The fourth-order valence-corrected chi connectivity index (χ4v) is 6.02. The third-order valence-corrected chi connectivity index (χ3v) is 7.72. The summed E-state index contributed by atoms with van der Waals surface area (Å²) in [5, 5.41) is 13.5. The van der Waals surface area contributed by atoms with Crippen molar-refractivity contribution >= 4 is 17.5 Å². The molecular formula is C27H29ClN2O5. The quantitative estimate of drug-likeness (QED) is 0.515. The number of fused-ring (bicyclic) bond motifs is 2. The number of carbonyl (C=O) groups excluding carboxylic acids is 1. The predicted molar refractivity (Wildman–Crippen MR) is 132 cm³/mol. The standard InChI is InChI=1S/C27H29ClN2O5/c1-33-22-15-17(14-20(28)24(22)31)16-30-11-9-27(10-12-30)19-7-4-3-6-18(19)23(25(27)34-2)29-26(32)21-8-5-13-35-21/h3-8,13-15,23,25,31H,9-12,16H2,1-2H3,(H,29,32)/t23-,25+/m1/s1. The fraction of sp³-hybridized carbons (Fsp3) is 0.370. The second kappa shape index (κ2) is 9.57. The number of benzene rings is 2. The Hall–Kier alpha value is -3.00. The zero-order valence-electron chi connectivity index (χ0n) is 19.8. The largest absolute Gasteiger partial charge is 0.503 e. The summed E-state index contributed by atoms with van der Waals surface area (Å²) in [4.78, 5) is 15.2. The Morgan fingerprint density at radius 3 is 2.66 bits per heavy atom. The zero-order chi connectivity index (χ0) is 24.6. The van der Waals surface area contributed by atoms with E-state index in [0.29, 0.717) is 12.3 Å². The first kappa shape index (κ1) is 23.7. The van der Waals surface area contributed by atoms with Crippen LogP contribution in [0.15, 0.2) is 59.2 Å². The smallest absolute Gasteiger partial charge is 0.287 e. The molecule has 7 nitrogen and oxygen atoms in total. The van der Waals surface area contributed by atoms with Crippen molar-refractivity contribution in [2.75, 3.05) is 27.3 Å². The van der Waals surface area contributed by atoms with Crippen molar-refractivity contribution in [1.82, 2.24) is 10.2 Å². The lowest BCUT2D eigenvalue weighted by Gasteiger charge is -2.44. The number of phenolic OH excluding ortho intramolecular Hbond substituents is 1. The molecule has 1 amide bonds. The summed E-state index contributed by atoms with van der Waals surface area (Å²) in [6.07, 6.45) is 3.08. The maximum Gasteiger partial charge on any atom is 0.287 e. The highest BCUT2D eigenvalue weighted by atomic mass is 35.5. The van der Waals surface area contributed by atoms with Gasteiger partial charge in [-0.3, -0.25) is 9.69 Å². The number of ether oxygens (including phenoxy) is 2. The van der Waals surface area contributed by atoms with Crippen LogP contribution in [0.1, 0.15) is 46.1 Å². The van der Waals surface area contributed by atoms with Gasteiger partial charge in [0.25, 0.3) is 5.91 Å². The summed E-state index contributed by atoms with van der Waals surface area (Å²) in [6.45, 7) is 2.41. The Morgan fingerprint density at radius 2 is 1.97 bits per heavy atom. The molecule has 3 aromatic rings. The fourth-order valence-electron chi connectivity index (χ4n) is 5.79. The minimum atomic E-state index is -0.263. The monoisotopic (exact) mass is 496 g/mol. The van der Waals surface area contributed by atoms with E-state index in [-0.39, 0.29) is 40.0 Å². The molecule has 8 heteroatoms. The van der Waals surface area contributed by atoms with Crippen LogP contribution in [0.3, 0.4) is 0 Å². The van der Waals surface area contributed by atoms with Crippen LogP contribution in [0, 0.1) is 0 Å². The molecular weight excluding hydrogens is 468 g/mol. The summed E-state index contributed by atoms with van der Waals surface area (Å²) < 4.78 is 16.7. The summed E-state index contributed by atoms with van der Waals surface area (Å²) >= 11 is 6.20. The highest BCUT2D eigenvalue weighted by Gasteiger charge is 2.54. The number of amides is 1. The van der Waals surface area contributed by atoms with Gasteiger partial charge in [-0.15, -0.1) is 0 Å². The van der Waals surface area contributed by atoms with Crippen molar-refractivity contribution in [1.29, 1.82) is 0 Å². The highest BCUT2D eigenvalue weighted by molar-refractivity contribution is 6.32. The number of furan rings is 1. The van der Waals surface area contributed by atoms with Gasteiger partial charge >= 0.3 is 0 Å². The van der Waals surface area contributed by atoms with Gasteiger partial charge in [0.1, 0.15) is 0 Å².